The van der Waals surface area contributed by atoms with Crippen LogP contribution in [-0.2, 0) is 0 Å². The molecular formula is C46H31N3. The molecule has 0 spiro atoms. The smallest absolute Gasteiger partial charge is 0.160 e. The van der Waals surface area contributed by atoms with Gasteiger partial charge in [0.05, 0.1) is 22.4 Å². The van der Waals surface area contributed by atoms with Crippen LogP contribution in [0, 0.1) is 0 Å². The van der Waals surface area contributed by atoms with Gasteiger partial charge in [0.25, 0.3) is 0 Å². The SMILES string of the molecule is c1ccc(-c2cc(-c3ccccc3)nc(-c3ccc(-c4ccccc4-c4ccc5c(c4)c4ccccc4n5-c4ccccc4)cc3)n2)cc1. The summed E-state index contributed by atoms with van der Waals surface area (Å²) in [4.78, 5) is 10.1. The van der Waals surface area contributed by atoms with Crippen molar-refractivity contribution >= 4 is 21.8 Å². The Bertz CT molecular complexity index is 2510. The van der Waals surface area contributed by atoms with E-state index in [4.69, 9.17) is 9.97 Å². The van der Waals surface area contributed by atoms with Gasteiger partial charge in [0.1, 0.15) is 0 Å². The van der Waals surface area contributed by atoms with Gasteiger partial charge in [0, 0.05) is 33.2 Å². The fraction of sp³-hybridized carbons (Fsp3) is 0. The zero-order valence-electron chi connectivity index (χ0n) is 26.7. The first-order valence-corrected chi connectivity index (χ1v) is 16.6. The standard InChI is InChI=1S/C46H31N3/c1-4-14-33(15-5-1)42-31-43(34-16-6-2-7-17-34)48-46(47-42)35-26-24-32(25-27-35)38-20-10-11-21-39(38)36-28-29-45-41(30-36)40-22-12-13-23-44(40)49(45)37-18-8-3-9-19-37/h1-31H. The van der Waals surface area contributed by atoms with Crippen molar-refractivity contribution in [2.45, 2.75) is 0 Å². The Labute approximate surface area is 285 Å². The lowest BCUT2D eigenvalue weighted by atomic mass is 9.93. The Balaban J connectivity index is 1.12. The second-order valence-corrected chi connectivity index (χ2v) is 12.2. The first-order valence-electron chi connectivity index (χ1n) is 16.6. The summed E-state index contributed by atoms with van der Waals surface area (Å²) in [6.45, 7) is 0. The van der Waals surface area contributed by atoms with Crippen molar-refractivity contribution in [3.8, 4) is 61.8 Å². The number of benzene rings is 7. The molecule has 0 amide bonds. The van der Waals surface area contributed by atoms with Crippen molar-refractivity contribution in [3.05, 3.63) is 188 Å². The van der Waals surface area contributed by atoms with E-state index < -0.39 is 0 Å². The molecule has 0 aliphatic carbocycles. The molecule has 0 saturated heterocycles. The maximum atomic E-state index is 5.03. The number of rotatable bonds is 6. The van der Waals surface area contributed by atoms with Crippen LogP contribution in [0.3, 0.4) is 0 Å². The third kappa shape index (κ3) is 5.28. The fourth-order valence-electron chi connectivity index (χ4n) is 6.87. The van der Waals surface area contributed by atoms with Crippen LogP contribution in [0.25, 0.3) is 83.6 Å². The summed E-state index contributed by atoms with van der Waals surface area (Å²) in [6, 6.07) is 66.2. The zero-order valence-corrected chi connectivity index (χ0v) is 26.7. The number of hydrogen-bond acceptors (Lipinski definition) is 2. The Morgan fingerprint density at radius 1 is 0.327 bits per heavy atom. The van der Waals surface area contributed by atoms with E-state index in [-0.39, 0.29) is 0 Å². The predicted molar refractivity (Wildman–Crippen MR) is 204 cm³/mol. The van der Waals surface area contributed by atoms with Crippen LogP contribution in [-0.4, -0.2) is 14.5 Å². The van der Waals surface area contributed by atoms with Gasteiger partial charge in [-0.1, -0.05) is 152 Å². The number of fused-ring (bicyclic) bond motifs is 3. The Morgan fingerprint density at radius 2 is 0.816 bits per heavy atom. The second kappa shape index (κ2) is 12.2. The Morgan fingerprint density at radius 3 is 1.47 bits per heavy atom. The summed E-state index contributed by atoms with van der Waals surface area (Å²) < 4.78 is 2.36. The topological polar surface area (TPSA) is 30.7 Å². The minimum absolute atomic E-state index is 0.709. The minimum Gasteiger partial charge on any atom is -0.309 e. The highest BCUT2D eigenvalue weighted by atomic mass is 15.0. The molecule has 3 heteroatoms. The van der Waals surface area contributed by atoms with Crippen LogP contribution in [0.1, 0.15) is 0 Å². The first kappa shape index (κ1) is 28.6. The normalized spacial score (nSPS) is 11.3. The van der Waals surface area contributed by atoms with E-state index in [2.05, 4.69) is 156 Å². The van der Waals surface area contributed by atoms with Crippen molar-refractivity contribution in [1.29, 1.82) is 0 Å². The number of aromatic nitrogens is 3. The predicted octanol–water partition coefficient (Wildman–Crippen LogP) is 11.9. The van der Waals surface area contributed by atoms with E-state index in [0.29, 0.717) is 5.82 Å². The van der Waals surface area contributed by atoms with Crippen molar-refractivity contribution in [2.75, 3.05) is 0 Å². The quantitative estimate of drug-likeness (QED) is 0.184. The van der Waals surface area contributed by atoms with E-state index >= 15 is 0 Å². The molecule has 7 aromatic carbocycles. The summed E-state index contributed by atoms with van der Waals surface area (Å²) in [5, 5.41) is 2.49. The van der Waals surface area contributed by atoms with Crippen molar-refractivity contribution < 1.29 is 0 Å². The number of hydrogen-bond donors (Lipinski definition) is 0. The van der Waals surface area contributed by atoms with Crippen LogP contribution in [0.15, 0.2) is 188 Å². The molecule has 0 radical (unpaired) electrons. The largest absolute Gasteiger partial charge is 0.309 e. The molecule has 3 nitrogen and oxygen atoms in total. The highest BCUT2D eigenvalue weighted by Crippen LogP contribution is 2.38. The minimum atomic E-state index is 0.709. The zero-order chi connectivity index (χ0) is 32.6. The van der Waals surface area contributed by atoms with Crippen molar-refractivity contribution in [3.63, 3.8) is 0 Å². The molecule has 0 bridgehead atoms. The highest BCUT2D eigenvalue weighted by Gasteiger charge is 2.15. The molecule has 0 aliphatic heterocycles. The summed E-state index contributed by atoms with van der Waals surface area (Å²) in [5.74, 6) is 0.709. The summed E-state index contributed by atoms with van der Waals surface area (Å²) in [6.07, 6.45) is 0. The number of nitrogens with zero attached hydrogens (tertiary/aromatic N) is 3. The van der Waals surface area contributed by atoms with E-state index in [9.17, 15) is 0 Å². The van der Waals surface area contributed by atoms with Crippen LogP contribution in [0.2, 0.25) is 0 Å². The number of para-hydroxylation sites is 2. The fourth-order valence-corrected chi connectivity index (χ4v) is 6.87. The van der Waals surface area contributed by atoms with Gasteiger partial charge in [-0.15, -0.1) is 0 Å². The van der Waals surface area contributed by atoms with E-state index in [0.717, 1.165) is 39.3 Å². The van der Waals surface area contributed by atoms with E-state index in [1.54, 1.807) is 0 Å². The first-order chi connectivity index (χ1) is 24.3. The Hall–Kier alpha value is -6.58. The van der Waals surface area contributed by atoms with Gasteiger partial charge in [0.2, 0.25) is 0 Å². The van der Waals surface area contributed by atoms with Crippen LogP contribution >= 0.6 is 0 Å². The molecule has 0 unspecified atom stereocenters. The van der Waals surface area contributed by atoms with Gasteiger partial charge < -0.3 is 4.57 Å². The highest BCUT2D eigenvalue weighted by molar-refractivity contribution is 6.10. The molecule has 9 aromatic rings. The summed E-state index contributed by atoms with van der Waals surface area (Å²) >= 11 is 0. The average molecular weight is 626 g/mol. The lowest BCUT2D eigenvalue weighted by Gasteiger charge is -2.13. The molecule has 49 heavy (non-hydrogen) atoms. The second-order valence-electron chi connectivity index (χ2n) is 12.2. The van der Waals surface area contributed by atoms with Crippen molar-refractivity contribution in [1.82, 2.24) is 14.5 Å². The third-order valence-electron chi connectivity index (χ3n) is 9.24. The maximum absolute atomic E-state index is 5.03. The monoisotopic (exact) mass is 625 g/mol. The molecule has 0 N–H and O–H groups in total. The lowest BCUT2D eigenvalue weighted by Crippen LogP contribution is -1.96. The molecule has 0 atom stereocenters. The van der Waals surface area contributed by atoms with Gasteiger partial charge in [-0.3, -0.25) is 0 Å². The molecule has 0 saturated carbocycles. The van der Waals surface area contributed by atoms with Gasteiger partial charge >= 0.3 is 0 Å². The average Bonchev–Trinajstić information content (AvgIpc) is 3.52. The van der Waals surface area contributed by atoms with Gasteiger partial charge in [-0.2, -0.15) is 0 Å². The van der Waals surface area contributed by atoms with Gasteiger partial charge in [-0.05, 0) is 58.7 Å². The summed E-state index contributed by atoms with van der Waals surface area (Å²) in [5.41, 5.74) is 13.2. The van der Waals surface area contributed by atoms with Crippen molar-refractivity contribution in [2.24, 2.45) is 0 Å². The molecule has 0 aliphatic rings. The lowest BCUT2D eigenvalue weighted by molar-refractivity contribution is 1.18. The molecule has 2 aromatic heterocycles. The van der Waals surface area contributed by atoms with Crippen LogP contribution < -0.4 is 0 Å². The Kier molecular flexibility index (Phi) is 7.14. The third-order valence-corrected chi connectivity index (χ3v) is 9.24. The molecule has 2 heterocycles. The molecular weight excluding hydrogens is 595 g/mol. The van der Waals surface area contributed by atoms with Crippen LogP contribution in [0.5, 0.6) is 0 Å². The maximum Gasteiger partial charge on any atom is 0.160 e. The molecule has 0 fully saturated rings. The van der Waals surface area contributed by atoms with Crippen LogP contribution in [0.4, 0.5) is 0 Å². The molecule has 230 valence electrons. The molecule has 9 rings (SSSR count). The summed E-state index contributed by atoms with van der Waals surface area (Å²) in [7, 11) is 0. The van der Waals surface area contributed by atoms with Gasteiger partial charge in [0.15, 0.2) is 5.82 Å². The van der Waals surface area contributed by atoms with E-state index in [1.165, 1.54) is 38.5 Å². The van der Waals surface area contributed by atoms with Gasteiger partial charge in [-0.25, -0.2) is 9.97 Å². The van der Waals surface area contributed by atoms with E-state index in [1.807, 2.05) is 36.4 Å².